The van der Waals surface area contributed by atoms with Gasteiger partial charge in [0.15, 0.2) is 0 Å². The lowest BCUT2D eigenvalue weighted by Crippen LogP contribution is -2.00. The van der Waals surface area contributed by atoms with Crippen LogP contribution in [0.5, 0.6) is 0 Å². The zero-order valence-corrected chi connectivity index (χ0v) is 9.54. The average molecular weight is 204 g/mol. The summed E-state index contributed by atoms with van der Waals surface area (Å²) in [5.74, 6) is 0.990. The molecular formula is C14H20O. The average Bonchev–Trinajstić information content (AvgIpc) is 3.04. The van der Waals surface area contributed by atoms with E-state index in [1.807, 2.05) is 0 Å². The summed E-state index contributed by atoms with van der Waals surface area (Å²) in [6, 6.07) is 8.72. The Morgan fingerprint density at radius 2 is 1.87 bits per heavy atom. The van der Waals surface area contributed by atoms with Crippen LogP contribution in [0.2, 0.25) is 0 Å². The molecule has 1 aliphatic carbocycles. The van der Waals surface area contributed by atoms with Gasteiger partial charge in [-0.3, -0.25) is 0 Å². The van der Waals surface area contributed by atoms with E-state index in [0.717, 1.165) is 25.6 Å². The van der Waals surface area contributed by atoms with E-state index in [2.05, 4.69) is 31.2 Å². The maximum atomic E-state index is 5.62. The van der Waals surface area contributed by atoms with Crippen molar-refractivity contribution in [1.29, 1.82) is 0 Å². The fraction of sp³-hybridized carbons (Fsp3) is 0.571. The highest BCUT2D eigenvalue weighted by molar-refractivity contribution is 5.21. The first kappa shape index (κ1) is 10.7. The Balaban J connectivity index is 1.58. The normalized spacial score (nSPS) is 15.5. The minimum absolute atomic E-state index is 0.871. The van der Waals surface area contributed by atoms with Crippen molar-refractivity contribution in [2.24, 2.45) is 5.92 Å². The summed E-state index contributed by atoms with van der Waals surface area (Å²) in [5.41, 5.74) is 2.71. The lowest BCUT2D eigenvalue weighted by atomic mass is 10.1. The van der Waals surface area contributed by atoms with E-state index < -0.39 is 0 Å². The molecule has 0 bridgehead atoms. The molecule has 0 aliphatic heterocycles. The van der Waals surface area contributed by atoms with Crippen molar-refractivity contribution >= 4 is 0 Å². The number of rotatable bonds is 6. The van der Waals surface area contributed by atoms with E-state index in [1.54, 1.807) is 0 Å². The Hall–Kier alpha value is -0.820. The molecule has 2 rings (SSSR count). The number of aryl methyl sites for hydroxylation is 1. The SMILES string of the molecule is Cc1ccc(CCOCCC2CC2)cc1. The van der Waals surface area contributed by atoms with Crippen LogP contribution < -0.4 is 0 Å². The predicted molar refractivity (Wildman–Crippen MR) is 63.0 cm³/mol. The highest BCUT2D eigenvalue weighted by atomic mass is 16.5. The molecule has 0 atom stereocenters. The summed E-state index contributed by atoms with van der Waals surface area (Å²) in [6.07, 6.45) is 5.18. The summed E-state index contributed by atoms with van der Waals surface area (Å²) >= 11 is 0. The van der Waals surface area contributed by atoms with Gasteiger partial charge in [0.1, 0.15) is 0 Å². The lowest BCUT2D eigenvalue weighted by molar-refractivity contribution is 0.131. The number of benzene rings is 1. The summed E-state index contributed by atoms with van der Waals surface area (Å²) in [4.78, 5) is 0. The molecule has 15 heavy (non-hydrogen) atoms. The van der Waals surface area contributed by atoms with Gasteiger partial charge in [0, 0.05) is 6.61 Å². The molecule has 0 amide bonds. The summed E-state index contributed by atoms with van der Waals surface area (Å²) in [7, 11) is 0. The standard InChI is InChI=1S/C14H20O/c1-12-2-4-13(5-3-12)8-10-15-11-9-14-6-7-14/h2-5,14H,6-11H2,1H3. The Bertz CT molecular complexity index is 285. The van der Waals surface area contributed by atoms with Gasteiger partial charge in [0.2, 0.25) is 0 Å². The first-order valence-corrected chi connectivity index (χ1v) is 5.98. The smallest absolute Gasteiger partial charge is 0.0506 e. The second-order valence-electron chi connectivity index (χ2n) is 4.58. The van der Waals surface area contributed by atoms with Crippen molar-refractivity contribution in [1.82, 2.24) is 0 Å². The minimum Gasteiger partial charge on any atom is -0.381 e. The molecule has 0 radical (unpaired) electrons. The van der Waals surface area contributed by atoms with Gasteiger partial charge in [-0.25, -0.2) is 0 Å². The van der Waals surface area contributed by atoms with Crippen molar-refractivity contribution in [3.8, 4) is 0 Å². The third-order valence-electron chi connectivity index (χ3n) is 3.02. The van der Waals surface area contributed by atoms with Gasteiger partial charge in [0.05, 0.1) is 6.61 Å². The molecule has 0 N–H and O–H groups in total. The second kappa shape index (κ2) is 5.32. The first-order chi connectivity index (χ1) is 7.34. The highest BCUT2D eigenvalue weighted by Gasteiger charge is 2.20. The third-order valence-corrected chi connectivity index (χ3v) is 3.02. The zero-order valence-electron chi connectivity index (χ0n) is 9.54. The summed E-state index contributed by atoms with van der Waals surface area (Å²) in [5, 5.41) is 0. The highest BCUT2D eigenvalue weighted by Crippen LogP contribution is 2.32. The molecule has 1 nitrogen and oxygen atoms in total. The van der Waals surface area contributed by atoms with Gasteiger partial charge in [-0.2, -0.15) is 0 Å². The van der Waals surface area contributed by atoms with Crippen LogP contribution in [0.25, 0.3) is 0 Å². The molecule has 1 saturated carbocycles. The molecular weight excluding hydrogens is 184 g/mol. The van der Waals surface area contributed by atoms with Gasteiger partial charge < -0.3 is 4.74 Å². The molecule has 1 fully saturated rings. The maximum Gasteiger partial charge on any atom is 0.0506 e. The van der Waals surface area contributed by atoms with Crippen LogP contribution in [0.4, 0.5) is 0 Å². The van der Waals surface area contributed by atoms with Crippen LogP contribution in [0, 0.1) is 12.8 Å². The van der Waals surface area contributed by atoms with E-state index in [1.165, 1.54) is 30.4 Å². The molecule has 0 unspecified atom stereocenters. The van der Waals surface area contributed by atoms with Crippen LogP contribution in [0.3, 0.4) is 0 Å². The Labute approximate surface area is 92.5 Å². The van der Waals surface area contributed by atoms with Crippen molar-refractivity contribution in [3.63, 3.8) is 0 Å². The van der Waals surface area contributed by atoms with Crippen LogP contribution >= 0.6 is 0 Å². The van der Waals surface area contributed by atoms with E-state index in [0.29, 0.717) is 0 Å². The van der Waals surface area contributed by atoms with Gasteiger partial charge in [-0.1, -0.05) is 42.7 Å². The summed E-state index contributed by atoms with van der Waals surface area (Å²) in [6.45, 7) is 3.95. The van der Waals surface area contributed by atoms with Gasteiger partial charge >= 0.3 is 0 Å². The van der Waals surface area contributed by atoms with E-state index in [9.17, 15) is 0 Å². The van der Waals surface area contributed by atoms with Gasteiger partial charge in [0.25, 0.3) is 0 Å². The largest absolute Gasteiger partial charge is 0.381 e. The quantitative estimate of drug-likeness (QED) is 0.646. The molecule has 0 spiro atoms. The minimum atomic E-state index is 0.871. The number of hydrogen-bond acceptors (Lipinski definition) is 1. The topological polar surface area (TPSA) is 9.23 Å². The fourth-order valence-corrected chi connectivity index (χ4v) is 1.70. The van der Waals surface area contributed by atoms with Crippen molar-refractivity contribution < 1.29 is 4.74 Å². The lowest BCUT2D eigenvalue weighted by Gasteiger charge is -2.04. The van der Waals surface area contributed by atoms with Crippen LogP contribution in [-0.4, -0.2) is 13.2 Å². The third kappa shape index (κ3) is 4.05. The Morgan fingerprint density at radius 3 is 2.53 bits per heavy atom. The molecule has 0 heterocycles. The van der Waals surface area contributed by atoms with Gasteiger partial charge in [-0.05, 0) is 31.2 Å². The van der Waals surface area contributed by atoms with Crippen molar-refractivity contribution in [3.05, 3.63) is 35.4 Å². The van der Waals surface area contributed by atoms with Crippen molar-refractivity contribution in [2.75, 3.05) is 13.2 Å². The molecule has 1 aromatic rings. The number of hydrogen-bond donors (Lipinski definition) is 0. The molecule has 1 aromatic carbocycles. The maximum absolute atomic E-state index is 5.62. The Morgan fingerprint density at radius 1 is 1.13 bits per heavy atom. The van der Waals surface area contributed by atoms with Crippen LogP contribution in [-0.2, 0) is 11.2 Å². The Kier molecular flexibility index (Phi) is 3.79. The fourth-order valence-electron chi connectivity index (χ4n) is 1.70. The van der Waals surface area contributed by atoms with E-state index in [4.69, 9.17) is 4.74 Å². The number of ether oxygens (including phenoxy) is 1. The van der Waals surface area contributed by atoms with E-state index >= 15 is 0 Å². The molecule has 1 heteroatoms. The monoisotopic (exact) mass is 204 g/mol. The van der Waals surface area contributed by atoms with Crippen LogP contribution in [0.1, 0.15) is 30.4 Å². The molecule has 82 valence electrons. The molecule has 1 aliphatic rings. The first-order valence-electron chi connectivity index (χ1n) is 5.98. The predicted octanol–water partition coefficient (Wildman–Crippen LogP) is 3.35. The van der Waals surface area contributed by atoms with Gasteiger partial charge in [-0.15, -0.1) is 0 Å². The van der Waals surface area contributed by atoms with E-state index in [-0.39, 0.29) is 0 Å². The zero-order chi connectivity index (χ0) is 10.5. The molecule has 0 saturated heterocycles. The summed E-state index contributed by atoms with van der Waals surface area (Å²) < 4.78 is 5.62. The van der Waals surface area contributed by atoms with Crippen LogP contribution in [0.15, 0.2) is 24.3 Å². The molecule has 0 aromatic heterocycles. The van der Waals surface area contributed by atoms with Crippen molar-refractivity contribution in [2.45, 2.75) is 32.6 Å². The second-order valence-corrected chi connectivity index (χ2v) is 4.58.